The summed E-state index contributed by atoms with van der Waals surface area (Å²) in [6.07, 6.45) is 4.02. The molecule has 1 saturated heterocycles. The van der Waals surface area contributed by atoms with E-state index in [-0.39, 0.29) is 0 Å². The van der Waals surface area contributed by atoms with E-state index in [0.29, 0.717) is 33.8 Å². The maximum Gasteiger partial charge on any atom is 0.269 e. The van der Waals surface area contributed by atoms with Crippen LogP contribution in [-0.2, 0) is 0 Å². The van der Waals surface area contributed by atoms with E-state index in [1.807, 2.05) is 42.6 Å². The van der Waals surface area contributed by atoms with Gasteiger partial charge in [-0.2, -0.15) is 0 Å². The van der Waals surface area contributed by atoms with E-state index < -0.39 is 5.91 Å². The Morgan fingerprint density at radius 2 is 1.71 bits per heavy atom. The van der Waals surface area contributed by atoms with Crippen LogP contribution in [0.4, 0.5) is 0 Å². The second-order valence-corrected chi connectivity index (χ2v) is 8.10. The Kier molecular flexibility index (Phi) is 5.13. The van der Waals surface area contributed by atoms with Crippen molar-refractivity contribution < 1.29 is 9.53 Å². The first kappa shape index (κ1) is 19.7. The van der Waals surface area contributed by atoms with Crippen LogP contribution in [0.3, 0.4) is 0 Å². The monoisotopic (exact) mass is 435 g/mol. The average molecular weight is 436 g/mol. The average Bonchev–Trinajstić information content (AvgIpc) is 3.36. The Labute approximate surface area is 184 Å². The number of piperidine rings is 1. The van der Waals surface area contributed by atoms with Crippen LogP contribution >= 0.6 is 11.6 Å². The van der Waals surface area contributed by atoms with E-state index >= 15 is 0 Å². The molecule has 1 aliphatic heterocycles. The summed E-state index contributed by atoms with van der Waals surface area (Å²) in [5, 5.41) is 7.21. The Balaban J connectivity index is 1.48. The largest absolute Gasteiger partial charge is 0.457 e. The molecule has 0 radical (unpaired) electrons. The van der Waals surface area contributed by atoms with E-state index in [4.69, 9.17) is 27.1 Å². The first-order valence-corrected chi connectivity index (χ1v) is 10.6. The van der Waals surface area contributed by atoms with Crippen molar-refractivity contribution in [2.24, 2.45) is 5.73 Å². The predicted molar refractivity (Wildman–Crippen MR) is 120 cm³/mol. The normalized spacial score (nSPS) is 14.7. The smallest absolute Gasteiger partial charge is 0.269 e. The molecule has 1 fully saturated rings. The summed E-state index contributed by atoms with van der Waals surface area (Å²) in [5.74, 6) is 1.24. The molecule has 5 rings (SSSR count). The molecule has 0 spiro atoms. The van der Waals surface area contributed by atoms with Crippen LogP contribution in [0.5, 0.6) is 11.5 Å². The number of nitrogens with zero attached hydrogens (tertiary/aromatic N) is 2. The molecule has 2 aromatic heterocycles. The molecule has 2 aromatic carbocycles. The number of halogens is 1. The fourth-order valence-corrected chi connectivity index (χ4v) is 4.25. The first-order valence-electron chi connectivity index (χ1n) is 10.2. The molecule has 0 bridgehead atoms. The number of hydrogen-bond acceptors (Lipinski definition) is 4. The fraction of sp³-hybridized carbons (Fsp3) is 0.217. The first-order chi connectivity index (χ1) is 15.1. The quantitative estimate of drug-likeness (QED) is 0.434. The van der Waals surface area contributed by atoms with Crippen molar-refractivity contribution in [2.75, 3.05) is 13.1 Å². The third-order valence-electron chi connectivity index (χ3n) is 5.67. The van der Waals surface area contributed by atoms with Gasteiger partial charge < -0.3 is 15.8 Å². The summed E-state index contributed by atoms with van der Waals surface area (Å²) in [7, 11) is 0. The van der Waals surface area contributed by atoms with E-state index in [9.17, 15) is 4.79 Å². The fourth-order valence-electron chi connectivity index (χ4n) is 4.12. The number of aromatic amines is 1. The number of nitrogens with one attached hydrogen (secondary N) is 2. The molecule has 31 heavy (non-hydrogen) atoms. The van der Waals surface area contributed by atoms with E-state index in [1.165, 1.54) is 0 Å². The number of carbonyl (C=O) groups is 1. The Hall–Kier alpha value is -3.29. The van der Waals surface area contributed by atoms with Gasteiger partial charge in [0, 0.05) is 22.3 Å². The number of hydrogen-bond donors (Lipinski definition) is 3. The van der Waals surface area contributed by atoms with Gasteiger partial charge in [-0.3, -0.25) is 9.89 Å². The summed E-state index contributed by atoms with van der Waals surface area (Å²) < 4.78 is 7.56. The summed E-state index contributed by atoms with van der Waals surface area (Å²) in [6.45, 7) is 1.96. The molecule has 158 valence electrons. The van der Waals surface area contributed by atoms with Crippen molar-refractivity contribution in [1.82, 2.24) is 19.9 Å². The minimum Gasteiger partial charge on any atom is -0.457 e. The molecule has 4 N–H and O–H groups in total. The van der Waals surface area contributed by atoms with Gasteiger partial charge in [-0.05, 0) is 80.4 Å². The molecule has 0 aliphatic carbocycles. The lowest BCUT2D eigenvalue weighted by molar-refractivity contribution is 0.0994. The number of fused-ring (bicyclic) bond motifs is 1. The highest BCUT2D eigenvalue weighted by atomic mass is 35.5. The molecule has 4 aromatic rings. The molecular weight excluding hydrogens is 414 g/mol. The van der Waals surface area contributed by atoms with Crippen molar-refractivity contribution in [3.8, 4) is 22.8 Å². The van der Waals surface area contributed by atoms with Gasteiger partial charge in [0.15, 0.2) is 11.3 Å². The highest BCUT2D eigenvalue weighted by Gasteiger charge is 2.25. The van der Waals surface area contributed by atoms with Gasteiger partial charge in [-0.25, -0.2) is 9.50 Å². The lowest BCUT2D eigenvalue weighted by atomic mass is 9.92. The molecule has 1 aliphatic rings. The van der Waals surface area contributed by atoms with Crippen LogP contribution in [0.25, 0.3) is 16.9 Å². The third kappa shape index (κ3) is 3.78. The summed E-state index contributed by atoms with van der Waals surface area (Å²) >= 11 is 5.92. The van der Waals surface area contributed by atoms with E-state index in [0.717, 1.165) is 42.7 Å². The molecule has 0 saturated carbocycles. The van der Waals surface area contributed by atoms with Crippen LogP contribution in [0.2, 0.25) is 5.02 Å². The van der Waals surface area contributed by atoms with E-state index in [1.54, 1.807) is 16.6 Å². The second kappa shape index (κ2) is 8.09. The zero-order valence-corrected chi connectivity index (χ0v) is 17.5. The van der Waals surface area contributed by atoms with Gasteiger partial charge in [0.2, 0.25) is 0 Å². The molecule has 0 unspecified atom stereocenters. The lowest BCUT2D eigenvalue weighted by Gasteiger charge is -2.21. The number of primary amides is 1. The van der Waals surface area contributed by atoms with E-state index in [2.05, 4.69) is 10.4 Å². The number of imidazole rings is 1. The van der Waals surface area contributed by atoms with Crippen molar-refractivity contribution in [3.05, 3.63) is 71.0 Å². The number of ether oxygens (including phenoxy) is 1. The van der Waals surface area contributed by atoms with Gasteiger partial charge >= 0.3 is 0 Å². The highest BCUT2D eigenvalue weighted by Crippen LogP contribution is 2.33. The van der Waals surface area contributed by atoms with Gasteiger partial charge in [0.1, 0.15) is 17.2 Å². The van der Waals surface area contributed by atoms with Crippen LogP contribution in [0, 0.1) is 0 Å². The topological polar surface area (TPSA) is 97.4 Å². The second-order valence-electron chi connectivity index (χ2n) is 7.67. The number of H-pyrrole nitrogens is 1. The van der Waals surface area contributed by atoms with Crippen LogP contribution in [0.1, 0.15) is 34.8 Å². The molecular formula is C23H22ClN5O2. The summed E-state index contributed by atoms with van der Waals surface area (Å²) in [5.41, 5.74) is 9.32. The maximum absolute atomic E-state index is 12.3. The minimum absolute atomic E-state index is 0.349. The van der Waals surface area contributed by atoms with Gasteiger partial charge in [0.05, 0.1) is 0 Å². The van der Waals surface area contributed by atoms with Crippen LogP contribution < -0.4 is 15.8 Å². The van der Waals surface area contributed by atoms with Gasteiger partial charge in [-0.15, -0.1) is 0 Å². The molecule has 3 heterocycles. The third-order valence-corrected chi connectivity index (χ3v) is 5.93. The minimum atomic E-state index is -0.525. The zero-order valence-electron chi connectivity index (χ0n) is 16.8. The molecule has 8 heteroatoms. The Bertz CT molecular complexity index is 1220. The maximum atomic E-state index is 12.3. The number of rotatable bonds is 5. The van der Waals surface area contributed by atoms with Crippen molar-refractivity contribution in [2.45, 2.75) is 18.8 Å². The zero-order chi connectivity index (χ0) is 21.4. The highest BCUT2D eigenvalue weighted by molar-refractivity contribution is 6.30. The number of benzene rings is 2. The lowest BCUT2D eigenvalue weighted by Crippen LogP contribution is -2.26. The standard InChI is InChI=1S/C23H22ClN5O2/c24-16-3-7-18(8-4-16)31-17-5-1-15(2-6-17)20-21(22(25)30)29-23(28-20)19(13-27-29)14-9-11-26-12-10-14/h1-8,13-14,26-27H,9-12H2,(H2,25,30). The van der Waals surface area contributed by atoms with Crippen molar-refractivity contribution in [1.29, 1.82) is 0 Å². The molecule has 1 amide bonds. The Morgan fingerprint density at radius 1 is 1.06 bits per heavy atom. The van der Waals surface area contributed by atoms with Crippen LogP contribution in [-0.4, -0.2) is 33.6 Å². The predicted octanol–water partition coefficient (Wildman–Crippen LogP) is 4.34. The molecule has 0 atom stereocenters. The Morgan fingerprint density at radius 3 is 2.35 bits per heavy atom. The van der Waals surface area contributed by atoms with Gasteiger partial charge in [-0.1, -0.05) is 11.6 Å². The number of nitrogens with two attached hydrogens (primary N) is 1. The van der Waals surface area contributed by atoms with Gasteiger partial charge in [0.25, 0.3) is 5.91 Å². The summed E-state index contributed by atoms with van der Waals surface area (Å²) in [6, 6.07) is 14.6. The molecule has 7 nitrogen and oxygen atoms in total. The number of carbonyl (C=O) groups excluding carboxylic acids is 1. The number of amides is 1. The number of aromatic nitrogens is 3. The summed E-state index contributed by atoms with van der Waals surface area (Å²) in [4.78, 5) is 17.1. The van der Waals surface area contributed by atoms with Crippen molar-refractivity contribution >= 4 is 23.2 Å². The van der Waals surface area contributed by atoms with Crippen molar-refractivity contribution in [3.63, 3.8) is 0 Å². The SMILES string of the molecule is NC(=O)c1c(-c2ccc(Oc3ccc(Cl)cc3)cc2)nc2c(C3CCNCC3)c[nH]n12. The van der Waals surface area contributed by atoms with Crippen LogP contribution in [0.15, 0.2) is 54.7 Å².